The van der Waals surface area contributed by atoms with Gasteiger partial charge in [0.05, 0.1) is 0 Å². The van der Waals surface area contributed by atoms with Crippen molar-refractivity contribution in [2.45, 2.75) is 84.7 Å². The lowest BCUT2D eigenvalue weighted by Crippen LogP contribution is -2.54. The number of carbonyl (C=O) groups is 1. The van der Waals surface area contributed by atoms with E-state index in [1.807, 2.05) is 6.92 Å². The van der Waals surface area contributed by atoms with Crippen LogP contribution in [0.4, 0.5) is 4.39 Å². The van der Waals surface area contributed by atoms with Gasteiger partial charge in [0, 0.05) is 5.92 Å². The van der Waals surface area contributed by atoms with E-state index in [2.05, 4.69) is 13.8 Å². The van der Waals surface area contributed by atoms with E-state index >= 15 is 0 Å². The molecule has 0 spiro atoms. The number of halogens is 1. The first-order valence-corrected chi connectivity index (χ1v) is 10.0. The third-order valence-corrected chi connectivity index (χ3v) is 9.09. The van der Waals surface area contributed by atoms with Crippen molar-refractivity contribution >= 4 is 5.78 Å². The summed E-state index contributed by atoms with van der Waals surface area (Å²) in [7, 11) is 0. The Morgan fingerprint density at radius 3 is 2.35 bits per heavy atom. The average Bonchev–Trinajstić information content (AvgIpc) is 2.85. The van der Waals surface area contributed by atoms with Gasteiger partial charge in [0.2, 0.25) is 0 Å². The molecular formula is C21H33FO. The monoisotopic (exact) mass is 320 g/mol. The minimum atomic E-state index is -0.549. The van der Waals surface area contributed by atoms with E-state index in [9.17, 15) is 9.18 Å². The fourth-order valence-electron chi connectivity index (χ4n) is 7.87. The van der Waals surface area contributed by atoms with Crippen molar-refractivity contribution in [1.82, 2.24) is 0 Å². The molecule has 2 heteroatoms. The van der Waals surface area contributed by atoms with Gasteiger partial charge >= 0.3 is 0 Å². The van der Waals surface area contributed by atoms with Crippen molar-refractivity contribution < 1.29 is 9.18 Å². The predicted octanol–water partition coefficient (Wildman–Crippen LogP) is 5.57. The summed E-state index contributed by atoms with van der Waals surface area (Å²) in [5.41, 5.74) is 0.634. The highest BCUT2D eigenvalue weighted by atomic mass is 19.1. The average molecular weight is 320 g/mol. The van der Waals surface area contributed by atoms with E-state index < -0.39 is 6.17 Å². The summed E-state index contributed by atoms with van der Waals surface area (Å²) in [5.74, 6) is 3.68. The summed E-state index contributed by atoms with van der Waals surface area (Å²) in [6.07, 6.45) is 9.56. The molecule has 4 aliphatic carbocycles. The van der Waals surface area contributed by atoms with Crippen LogP contribution in [0.25, 0.3) is 0 Å². The second-order valence-electron chi connectivity index (χ2n) is 9.81. The molecule has 0 aromatic heterocycles. The molecule has 8 atom stereocenters. The quantitative estimate of drug-likeness (QED) is 0.617. The first-order chi connectivity index (χ1) is 10.9. The van der Waals surface area contributed by atoms with Gasteiger partial charge in [0.1, 0.15) is 12.0 Å². The number of carbonyl (C=O) groups excluding carboxylic acids is 1. The van der Waals surface area contributed by atoms with Gasteiger partial charge in [0.15, 0.2) is 0 Å². The zero-order valence-electron chi connectivity index (χ0n) is 15.1. The van der Waals surface area contributed by atoms with Gasteiger partial charge < -0.3 is 0 Å². The predicted molar refractivity (Wildman–Crippen MR) is 90.8 cm³/mol. The van der Waals surface area contributed by atoms with Crippen molar-refractivity contribution in [3.63, 3.8) is 0 Å². The molecule has 4 rings (SSSR count). The third kappa shape index (κ3) is 2.19. The molecule has 4 aliphatic rings. The van der Waals surface area contributed by atoms with Gasteiger partial charge in [-0.3, -0.25) is 4.79 Å². The van der Waals surface area contributed by atoms with E-state index in [1.165, 1.54) is 32.1 Å². The van der Waals surface area contributed by atoms with Gasteiger partial charge in [0.25, 0.3) is 0 Å². The van der Waals surface area contributed by atoms with Gasteiger partial charge in [-0.15, -0.1) is 0 Å². The minimum Gasteiger partial charge on any atom is -0.300 e. The second-order valence-corrected chi connectivity index (χ2v) is 9.81. The van der Waals surface area contributed by atoms with Crippen LogP contribution in [0.3, 0.4) is 0 Å². The van der Waals surface area contributed by atoms with Crippen LogP contribution in [0.5, 0.6) is 0 Å². The van der Waals surface area contributed by atoms with Crippen LogP contribution in [0.15, 0.2) is 0 Å². The first-order valence-electron chi connectivity index (χ1n) is 10.0. The topological polar surface area (TPSA) is 17.1 Å². The molecule has 0 aromatic carbocycles. The maximum Gasteiger partial charge on any atom is 0.133 e. The lowest BCUT2D eigenvalue weighted by Gasteiger charge is -2.60. The highest BCUT2D eigenvalue weighted by Gasteiger charge is 2.60. The molecule has 0 N–H and O–H groups in total. The third-order valence-electron chi connectivity index (χ3n) is 9.09. The van der Waals surface area contributed by atoms with Crippen molar-refractivity contribution in [3.8, 4) is 0 Å². The van der Waals surface area contributed by atoms with Crippen LogP contribution in [0.1, 0.15) is 78.6 Å². The summed E-state index contributed by atoms with van der Waals surface area (Å²) < 4.78 is 13.9. The maximum absolute atomic E-state index is 13.9. The Bertz CT molecular complexity index is 502. The van der Waals surface area contributed by atoms with Gasteiger partial charge in [-0.25, -0.2) is 4.39 Å². The highest BCUT2D eigenvalue weighted by Crippen LogP contribution is 2.67. The molecule has 0 bridgehead atoms. The Morgan fingerprint density at radius 2 is 1.61 bits per heavy atom. The second kappa shape index (κ2) is 5.30. The fourth-order valence-corrected chi connectivity index (χ4v) is 7.87. The fraction of sp³-hybridized carbons (Fsp3) is 0.952. The number of alkyl halides is 1. The van der Waals surface area contributed by atoms with Gasteiger partial charge in [-0.2, -0.15) is 0 Å². The summed E-state index contributed by atoms with van der Waals surface area (Å²) in [5, 5.41) is 0. The Balaban J connectivity index is 1.61. The van der Waals surface area contributed by atoms with Crippen molar-refractivity contribution in [3.05, 3.63) is 0 Å². The summed E-state index contributed by atoms with van der Waals surface area (Å²) >= 11 is 0. The molecule has 23 heavy (non-hydrogen) atoms. The molecule has 0 aliphatic heterocycles. The standard InChI is InChI=1S/C21H33FO/c1-13(23)17-6-7-18-16-5-4-14-12-15(22)8-10-20(14,2)19(16)9-11-21(17,18)3/h14-19H,4-12H2,1-3H3/t14-,15+,16+,17-,18+,19+,20+,21-/m1/s1. The number of rotatable bonds is 1. The Labute approximate surface area is 140 Å². The zero-order chi connectivity index (χ0) is 16.4. The molecule has 130 valence electrons. The minimum absolute atomic E-state index is 0.257. The van der Waals surface area contributed by atoms with Crippen molar-refractivity contribution in [2.75, 3.05) is 0 Å². The molecule has 0 unspecified atom stereocenters. The van der Waals surface area contributed by atoms with E-state index in [0.717, 1.165) is 43.4 Å². The molecule has 0 saturated heterocycles. The number of fused-ring (bicyclic) bond motifs is 5. The van der Waals surface area contributed by atoms with Crippen molar-refractivity contribution in [1.29, 1.82) is 0 Å². The number of hydrogen-bond acceptors (Lipinski definition) is 1. The van der Waals surface area contributed by atoms with E-state index in [-0.39, 0.29) is 5.41 Å². The van der Waals surface area contributed by atoms with Crippen LogP contribution in [0, 0.1) is 40.4 Å². The van der Waals surface area contributed by atoms with Crippen LogP contribution >= 0.6 is 0 Å². The van der Waals surface area contributed by atoms with E-state index in [0.29, 0.717) is 23.0 Å². The summed E-state index contributed by atoms with van der Waals surface area (Å²) in [6.45, 7) is 6.71. The van der Waals surface area contributed by atoms with Gasteiger partial charge in [-0.05, 0) is 99.2 Å². The molecule has 1 nitrogen and oxygen atoms in total. The lowest BCUT2D eigenvalue weighted by molar-refractivity contribution is -0.135. The molecule has 0 amide bonds. The van der Waals surface area contributed by atoms with E-state index in [1.54, 1.807) is 0 Å². The van der Waals surface area contributed by atoms with Crippen molar-refractivity contribution in [2.24, 2.45) is 40.4 Å². The molecule has 4 fully saturated rings. The SMILES string of the molecule is CC(=O)[C@H]1CC[C@H]2[C@@H]3CC[C@@H]4C[C@@H](F)CC[C@]4(C)[C@H]3CC[C@]12C. The first kappa shape index (κ1) is 16.1. The number of ketones is 1. The van der Waals surface area contributed by atoms with E-state index in [4.69, 9.17) is 0 Å². The van der Waals surface area contributed by atoms with Crippen LogP contribution in [-0.2, 0) is 4.79 Å². The van der Waals surface area contributed by atoms with Crippen LogP contribution in [-0.4, -0.2) is 12.0 Å². The largest absolute Gasteiger partial charge is 0.300 e. The Kier molecular flexibility index (Phi) is 3.71. The zero-order valence-corrected chi connectivity index (χ0v) is 15.1. The summed E-state index contributed by atoms with van der Waals surface area (Å²) in [4.78, 5) is 12.2. The number of Topliss-reactive ketones (excluding diaryl/α,β-unsaturated/α-hetero) is 1. The lowest BCUT2D eigenvalue weighted by atomic mass is 9.44. The Hall–Kier alpha value is -0.400. The molecule has 0 aromatic rings. The Morgan fingerprint density at radius 1 is 0.913 bits per heavy atom. The molecular weight excluding hydrogens is 287 g/mol. The normalized spacial score (nSPS) is 55.7. The van der Waals surface area contributed by atoms with Gasteiger partial charge in [-0.1, -0.05) is 13.8 Å². The molecule has 0 heterocycles. The maximum atomic E-state index is 13.9. The highest BCUT2D eigenvalue weighted by molar-refractivity contribution is 5.79. The molecule has 4 saturated carbocycles. The van der Waals surface area contributed by atoms with Crippen LogP contribution < -0.4 is 0 Å². The van der Waals surface area contributed by atoms with Crippen LogP contribution in [0.2, 0.25) is 0 Å². The smallest absolute Gasteiger partial charge is 0.133 e. The molecule has 0 radical (unpaired) electrons. The summed E-state index contributed by atoms with van der Waals surface area (Å²) in [6, 6.07) is 0. The number of hydrogen-bond donors (Lipinski definition) is 0.